The summed E-state index contributed by atoms with van der Waals surface area (Å²) in [6, 6.07) is 12.5. The largest absolute Gasteiger partial charge is 0.392 e. The highest BCUT2D eigenvalue weighted by Gasteiger charge is 2.18. The maximum Gasteiger partial charge on any atom is 0.256 e. The Bertz CT molecular complexity index is 1120. The molecule has 0 unspecified atom stereocenters. The molecule has 1 aliphatic rings. The van der Waals surface area contributed by atoms with Gasteiger partial charge in [-0.25, -0.2) is 8.78 Å². The maximum absolute atomic E-state index is 13.6. The van der Waals surface area contributed by atoms with Crippen LogP contribution in [-0.2, 0) is 13.0 Å². The summed E-state index contributed by atoms with van der Waals surface area (Å²) < 4.78 is 26.8. The Morgan fingerprint density at radius 1 is 1.09 bits per heavy atom. The highest BCUT2D eigenvalue weighted by Crippen LogP contribution is 2.22. The lowest BCUT2D eigenvalue weighted by molar-refractivity contribution is 0.0975. The van der Waals surface area contributed by atoms with Crippen molar-refractivity contribution in [2.45, 2.75) is 44.8 Å². The number of nitrogens with one attached hydrogen (secondary N) is 2. The lowest BCUT2D eigenvalue weighted by Gasteiger charge is -2.11. The van der Waals surface area contributed by atoms with Crippen LogP contribution < -0.4 is 5.32 Å². The van der Waals surface area contributed by atoms with E-state index in [4.69, 9.17) is 4.99 Å². The summed E-state index contributed by atoms with van der Waals surface area (Å²) in [7, 11) is 0. The number of rotatable bonds is 6. The van der Waals surface area contributed by atoms with Crippen LogP contribution in [0.25, 0.3) is 11.3 Å². The van der Waals surface area contributed by atoms with Gasteiger partial charge in [-0.05, 0) is 42.7 Å². The number of benzene rings is 2. The molecule has 32 heavy (non-hydrogen) atoms. The molecule has 0 saturated heterocycles. The van der Waals surface area contributed by atoms with Crippen LogP contribution in [0.4, 0.5) is 8.78 Å². The van der Waals surface area contributed by atoms with E-state index in [1.807, 2.05) is 30.3 Å². The zero-order chi connectivity index (χ0) is 22.5. The smallest absolute Gasteiger partial charge is 0.256 e. The monoisotopic (exact) mass is 438 g/mol. The predicted octanol–water partition coefficient (Wildman–Crippen LogP) is 4.16. The van der Waals surface area contributed by atoms with Gasteiger partial charge >= 0.3 is 0 Å². The molecular formula is C24H24F2N4O2. The number of carbonyl (C=O) groups excluding carboxylic acids is 1. The molecule has 0 bridgehead atoms. The average Bonchev–Trinajstić information content (AvgIpc) is 3.48. The van der Waals surface area contributed by atoms with Gasteiger partial charge in [-0.3, -0.25) is 14.9 Å². The fourth-order valence-corrected chi connectivity index (χ4v) is 3.78. The molecule has 1 fully saturated rings. The molecule has 1 aromatic heterocycles. The fraction of sp³-hybridized carbons (Fsp3) is 0.292. The molecular weight excluding hydrogens is 414 g/mol. The Morgan fingerprint density at radius 2 is 1.84 bits per heavy atom. The van der Waals surface area contributed by atoms with E-state index in [0.717, 1.165) is 60.3 Å². The van der Waals surface area contributed by atoms with Crippen LogP contribution in [0.2, 0.25) is 0 Å². The molecule has 2 aromatic carbocycles. The third-order valence-corrected chi connectivity index (χ3v) is 5.52. The van der Waals surface area contributed by atoms with Crippen molar-refractivity contribution < 1.29 is 18.7 Å². The number of halogens is 2. The lowest BCUT2D eigenvalue weighted by Crippen LogP contribution is -2.33. The van der Waals surface area contributed by atoms with Crippen molar-refractivity contribution in [1.82, 2.24) is 15.5 Å². The van der Waals surface area contributed by atoms with Gasteiger partial charge in [0.15, 0.2) is 11.6 Å². The van der Waals surface area contributed by atoms with Crippen LogP contribution in [0.1, 0.15) is 47.3 Å². The number of carbonyl (C=O) groups is 1. The standard InChI is InChI=1S/C24H24F2N4O2/c25-20-10-9-17(11-21(20)26)24(32)28-23(27-18-3-1-2-4-18)13-19-12-22(30-29-19)16-7-5-15(14-31)6-8-16/h5-12,18,31H,1-4,13-14H2,(H,29,30)(H,27,28,32). The molecule has 3 aromatic rings. The summed E-state index contributed by atoms with van der Waals surface area (Å²) >= 11 is 0. The van der Waals surface area contributed by atoms with E-state index < -0.39 is 17.5 Å². The van der Waals surface area contributed by atoms with E-state index in [-0.39, 0.29) is 18.2 Å². The maximum atomic E-state index is 13.6. The van der Waals surface area contributed by atoms with Crippen molar-refractivity contribution in [3.63, 3.8) is 0 Å². The summed E-state index contributed by atoms with van der Waals surface area (Å²) in [5, 5.41) is 19.3. The van der Waals surface area contributed by atoms with Gasteiger partial charge in [-0.2, -0.15) is 5.10 Å². The zero-order valence-electron chi connectivity index (χ0n) is 17.4. The van der Waals surface area contributed by atoms with E-state index >= 15 is 0 Å². The summed E-state index contributed by atoms with van der Waals surface area (Å²) in [5.74, 6) is -2.16. The molecule has 166 valence electrons. The second-order valence-corrected chi connectivity index (χ2v) is 7.91. The van der Waals surface area contributed by atoms with Crippen LogP contribution in [0.5, 0.6) is 0 Å². The first-order chi connectivity index (χ1) is 15.5. The first-order valence-corrected chi connectivity index (χ1v) is 10.6. The van der Waals surface area contributed by atoms with Gasteiger partial charge in [0.05, 0.1) is 18.3 Å². The molecule has 1 aliphatic carbocycles. The zero-order valence-corrected chi connectivity index (χ0v) is 17.4. The van der Waals surface area contributed by atoms with Crippen molar-refractivity contribution in [3.05, 3.63) is 77.0 Å². The Labute approximate surface area is 184 Å². The van der Waals surface area contributed by atoms with Crippen LogP contribution in [0, 0.1) is 11.6 Å². The summed E-state index contributed by atoms with van der Waals surface area (Å²) in [6.07, 6.45) is 4.41. The topological polar surface area (TPSA) is 90.4 Å². The van der Waals surface area contributed by atoms with Gasteiger partial charge < -0.3 is 10.4 Å². The highest BCUT2D eigenvalue weighted by atomic mass is 19.2. The van der Waals surface area contributed by atoms with Crippen LogP contribution in [-0.4, -0.2) is 33.1 Å². The molecule has 4 rings (SSSR count). The molecule has 1 saturated carbocycles. The molecule has 0 atom stereocenters. The molecule has 1 heterocycles. The fourth-order valence-electron chi connectivity index (χ4n) is 3.78. The van der Waals surface area contributed by atoms with Gasteiger partial charge in [-0.1, -0.05) is 37.1 Å². The average molecular weight is 438 g/mol. The minimum atomic E-state index is -1.07. The Hall–Kier alpha value is -3.39. The minimum absolute atomic E-state index is 0.0231. The van der Waals surface area contributed by atoms with Gasteiger partial charge in [-0.15, -0.1) is 0 Å². The number of H-pyrrole nitrogens is 1. The van der Waals surface area contributed by atoms with Crippen molar-refractivity contribution in [3.8, 4) is 11.3 Å². The number of aromatic nitrogens is 2. The lowest BCUT2D eigenvalue weighted by atomic mass is 10.1. The normalized spacial score (nSPS) is 14.7. The predicted molar refractivity (Wildman–Crippen MR) is 117 cm³/mol. The Morgan fingerprint density at radius 3 is 2.53 bits per heavy atom. The molecule has 0 spiro atoms. The highest BCUT2D eigenvalue weighted by molar-refractivity contribution is 6.06. The summed E-state index contributed by atoms with van der Waals surface area (Å²) in [5.41, 5.74) is 3.22. The second kappa shape index (κ2) is 9.82. The molecule has 3 N–H and O–H groups in total. The van der Waals surface area contributed by atoms with Crippen molar-refractivity contribution >= 4 is 11.7 Å². The number of amides is 1. The molecule has 1 amide bonds. The van der Waals surface area contributed by atoms with Gasteiger partial charge in [0, 0.05) is 23.2 Å². The number of hydrogen-bond acceptors (Lipinski definition) is 4. The first kappa shape index (κ1) is 21.8. The quantitative estimate of drug-likeness (QED) is 0.399. The van der Waals surface area contributed by atoms with E-state index in [9.17, 15) is 18.7 Å². The van der Waals surface area contributed by atoms with Crippen molar-refractivity contribution in [2.24, 2.45) is 4.99 Å². The Kier molecular flexibility index (Phi) is 6.70. The molecule has 0 radical (unpaired) electrons. The van der Waals surface area contributed by atoms with Gasteiger partial charge in [0.25, 0.3) is 5.91 Å². The number of aliphatic hydroxyl groups is 1. The molecule has 0 aliphatic heterocycles. The summed E-state index contributed by atoms with van der Waals surface area (Å²) in [6.45, 7) is -0.0231. The third kappa shape index (κ3) is 5.26. The minimum Gasteiger partial charge on any atom is -0.392 e. The number of amidine groups is 1. The van der Waals surface area contributed by atoms with E-state index in [0.29, 0.717) is 12.3 Å². The van der Waals surface area contributed by atoms with E-state index in [1.165, 1.54) is 6.07 Å². The molecule has 6 nitrogen and oxygen atoms in total. The SMILES string of the molecule is O=C(NC(Cc1cc(-c2ccc(CO)cc2)n[nH]1)=NC1CCCC1)c1ccc(F)c(F)c1. The number of aromatic amines is 1. The van der Waals surface area contributed by atoms with Crippen LogP contribution >= 0.6 is 0 Å². The second-order valence-electron chi connectivity index (χ2n) is 7.91. The van der Waals surface area contributed by atoms with Gasteiger partial charge in [0.2, 0.25) is 0 Å². The molecule has 8 heteroatoms. The first-order valence-electron chi connectivity index (χ1n) is 10.6. The van der Waals surface area contributed by atoms with Crippen molar-refractivity contribution in [2.75, 3.05) is 0 Å². The number of aliphatic imine (C=N–C) groups is 1. The third-order valence-electron chi connectivity index (χ3n) is 5.52. The number of hydrogen-bond donors (Lipinski definition) is 3. The van der Waals surface area contributed by atoms with Gasteiger partial charge in [0.1, 0.15) is 5.84 Å². The summed E-state index contributed by atoms with van der Waals surface area (Å²) in [4.78, 5) is 17.4. The Balaban J connectivity index is 1.52. The van der Waals surface area contributed by atoms with E-state index in [1.54, 1.807) is 0 Å². The number of nitrogens with zero attached hydrogens (tertiary/aromatic N) is 2. The van der Waals surface area contributed by atoms with Crippen LogP contribution in [0.3, 0.4) is 0 Å². The van der Waals surface area contributed by atoms with Crippen LogP contribution in [0.15, 0.2) is 53.5 Å². The van der Waals surface area contributed by atoms with E-state index in [2.05, 4.69) is 15.5 Å². The van der Waals surface area contributed by atoms with Crippen molar-refractivity contribution in [1.29, 1.82) is 0 Å². The number of aliphatic hydroxyl groups excluding tert-OH is 1.